The summed E-state index contributed by atoms with van der Waals surface area (Å²) >= 11 is 0. The van der Waals surface area contributed by atoms with Crippen LogP contribution in [0.25, 0.3) is 11.0 Å². The van der Waals surface area contributed by atoms with Gasteiger partial charge in [0, 0.05) is 50.7 Å². The molecule has 0 bridgehead atoms. The van der Waals surface area contributed by atoms with Gasteiger partial charge in [-0.3, -0.25) is 4.55 Å². The van der Waals surface area contributed by atoms with Gasteiger partial charge in [0.25, 0.3) is 76.3 Å². The van der Waals surface area contributed by atoms with Crippen molar-refractivity contribution in [1.29, 1.82) is 0 Å². The second kappa shape index (κ2) is 46.8. The van der Waals surface area contributed by atoms with E-state index in [1.807, 2.05) is 32.5 Å². The molecule has 39 nitrogen and oxygen atoms in total. The first kappa shape index (κ1) is 125. The van der Waals surface area contributed by atoms with Gasteiger partial charge in [-0.25, -0.2) is 78.3 Å². The fourth-order valence-electron chi connectivity index (χ4n) is 6.17. The molecule has 700 valence electrons. The lowest BCUT2D eigenvalue weighted by Crippen LogP contribution is -2.42. The number of aryl methyl sites for hydroxylation is 5. The number of aromatic amines is 1. The summed E-state index contributed by atoms with van der Waals surface area (Å²) in [6, 6.07) is 6.75. The molecule has 1 aromatic carbocycles. The van der Waals surface area contributed by atoms with Gasteiger partial charge in [-0.1, -0.05) is 63.0 Å². The van der Waals surface area contributed by atoms with Gasteiger partial charge in [0.05, 0.1) is 41.7 Å². The van der Waals surface area contributed by atoms with Gasteiger partial charge >= 0.3 is 48.4 Å². The summed E-state index contributed by atoms with van der Waals surface area (Å²) < 4.78 is 503. The van der Waals surface area contributed by atoms with Crippen LogP contribution in [0.3, 0.4) is 0 Å². The number of H-pyrrole nitrogens is 1. The van der Waals surface area contributed by atoms with E-state index in [2.05, 4.69) is 35.4 Å². The Morgan fingerprint density at radius 1 is 0.487 bits per heavy atom. The molecule has 6 heterocycles. The maximum Gasteiger partial charge on any atom is 0.485 e. The number of halogens is 21. The van der Waals surface area contributed by atoms with Crippen molar-refractivity contribution in [1.82, 2.24) is 25.4 Å². The number of aromatic nitrogens is 12. The SMILES string of the molecule is C.C.C=S(=O)(F)[n+]1cc(C)n(C)c1CC.C=S(=O)(F)[n+]1cc[nH]c1.C=S(=O)(F)n1cc[n+](C)c1C.C=S(=O)(F)n1cc[n+](C)c1CCCC.C[n+]1ccn(S(=O)(=O)F)c1.Cc1n(S(=O)(=O)F)c2ccccc2[n+]1C.O=S(=O)([O-])C(F)(F)F.O=S(=O)([O-])C(F)(F)F.O=S(=O)([O-])C(F)(F)F.O=S(=O)([O-])C(F)(F)F.O=S(=O)([O-])C(F)(F)F.O=S(=O)([O-])O. The average Bonchev–Trinajstić information content (AvgIpc) is 1.61. The van der Waals surface area contributed by atoms with Crippen LogP contribution in [-0.2, 0) is 170 Å². The van der Waals surface area contributed by atoms with Crippen LogP contribution in [0.15, 0.2) is 92.7 Å². The predicted molar refractivity (Wildman–Crippen MR) is 371 cm³/mol. The Labute approximate surface area is 669 Å². The van der Waals surface area contributed by atoms with Gasteiger partial charge in [-0.2, -0.15) is 99.5 Å². The van der Waals surface area contributed by atoms with Crippen molar-refractivity contribution in [2.45, 2.75) is 103 Å². The van der Waals surface area contributed by atoms with Crippen molar-refractivity contribution in [3.05, 3.63) is 122 Å². The summed E-state index contributed by atoms with van der Waals surface area (Å²) in [4.78, 5) is 2.54. The zero-order valence-electron chi connectivity index (χ0n) is 59.6. The minimum atomic E-state index is -6.09. The summed E-state index contributed by atoms with van der Waals surface area (Å²) in [5.41, 5.74) is -26.3. The normalized spacial score (nSPS) is 14.0. The van der Waals surface area contributed by atoms with Crippen LogP contribution in [0.1, 0.15) is 70.5 Å². The summed E-state index contributed by atoms with van der Waals surface area (Å²) in [6.45, 7) is 9.00. The molecular formula is C47H71F21N12O27S12. The third kappa shape index (κ3) is 48.2. The Balaban J connectivity index is -0.000000232. The lowest BCUT2D eigenvalue weighted by Gasteiger charge is -2.08. The number of hydrogen-bond donors (Lipinski definition) is 2. The molecule has 119 heavy (non-hydrogen) atoms. The average molecular weight is 2020 g/mol. The summed E-state index contributed by atoms with van der Waals surface area (Å²) in [6.07, 6.45) is 18.7. The van der Waals surface area contributed by atoms with E-state index >= 15 is 0 Å². The first-order valence-corrected chi connectivity index (χ1v) is 45.2. The largest absolute Gasteiger partial charge is 0.741 e. The molecule has 0 aliphatic carbocycles. The lowest BCUT2D eigenvalue weighted by molar-refractivity contribution is -0.678. The van der Waals surface area contributed by atoms with E-state index in [9.17, 15) is 123 Å². The molecule has 0 saturated carbocycles. The van der Waals surface area contributed by atoms with Crippen LogP contribution in [-0.4, -0.2) is 193 Å². The van der Waals surface area contributed by atoms with Gasteiger partial charge < -0.3 is 27.3 Å². The molecule has 0 amide bonds. The number of hydrogen-bond acceptors (Lipinski definition) is 26. The fourth-order valence-corrected chi connectivity index (χ4v) is 10.3. The molecule has 0 saturated heterocycles. The van der Waals surface area contributed by atoms with E-state index in [0.717, 1.165) is 53.4 Å². The summed E-state index contributed by atoms with van der Waals surface area (Å²) in [5.74, 6) is 14.1. The van der Waals surface area contributed by atoms with Gasteiger partial charge in [-0.15, -0.1) is 31.4 Å². The maximum absolute atomic E-state index is 13.2. The van der Waals surface area contributed by atoms with E-state index in [1.165, 1.54) is 48.1 Å². The van der Waals surface area contributed by atoms with E-state index in [-0.39, 0.29) is 14.9 Å². The highest BCUT2D eigenvalue weighted by molar-refractivity contribution is 7.94. The molecule has 0 fully saturated rings. The van der Waals surface area contributed by atoms with Gasteiger partial charge in [0.15, 0.2) is 61.6 Å². The minimum absolute atomic E-state index is 0. The Hall–Kier alpha value is -7.33. The topological polar surface area (TPSA) is 564 Å². The van der Waals surface area contributed by atoms with Gasteiger partial charge in [0.1, 0.15) is 61.5 Å². The zero-order valence-corrected chi connectivity index (χ0v) is 69.4. The van der Waals surface area contributed by atoms with Gasteiger partial charge in [-0.05, 0) is 18.6 Å². The highest BCUT2D eigenvalue weighted by atomic mass is 32.3. The molecule has 0 aliphatic rings. The lowest BCUT2D eigenvalue weighted by atomic mass is 10.2. The van der Waals surface area contributed by atoms with Crippen LogP contribution < -0.4 is 26.2 Å². The Morgan fingerprint density at radius 3 is 1.05 bits per heavy atom. The predicted octanol–water partition coefficient (Wildman–Crippen LogP) is 1.96. The number of nitrogens with one attached hydrogen (secondary N) is 1. The quantitative estimate of drug-likeness (QED) is 0.0376. The molecule has 6 aromatic heterocycles. The molecule has 4 atom stereocenters. The molecule has 4 unspecified atom stereocenters. The van der Waals surface area contributed by atoms with Crippen molar-refractivity contribution in [3.8, 4) is 0 Å². The third-order valence-electron chi connectivity index (χ3n) is 11.5. The molecule has 0 spiro atoms. The number of fused-ring (bicyclic) bond motifs is 1. The van der Waals surface area contributed by atoms with Crippen molar-refractivity contribution in [2.24, 2.45) is 35.2 Å². The second-order valence-corrected chi connectivity index (χ2v) is 36.5. The molecule has 7 aromatic rings. The summed E-state index contributed by atoms with van der Waals surface area (Å²) in [5, 5.41) is 0. The fraction of sp³-hybridized carbons (Fsp3) is 0.447. The van der Waals surface area contributed by atoms with Crippen molar-refractivity contribution < 1.29 is 231 Å². The summed E-state index contributed by atoms with van der Waals surface area (Å²) in [7, 11) is -50.5. The van der Waals surface area contributed by atoms with Crippen LogP contribution in [0.4, 0.5) is 89.2 Å². The number of rotatable bonds is 10. The van der Waals surface area contributed by atoms with E-state index in [4.69, 9.17) is 82.4 Å². The molecule has 7 rings (SSSR count). The number of para-hydroxylation sites is 2. The number of alkyl halides is 15. The van der Waals surface area contributed by atoms with Crippen LogP contribution in [0, 0.1) is 20.8 Å². The minimum Gasteiger partial charge on any atom is -0.741 e. The van der Waals surface area contributed by atoms with Crippen molar-refractivity contribution >= 4 is 157 Å². The van der Waals surface area contributed by atoms with E-state index in [1.54, 1.807) is 85.4 Å². The highest BCUT2D eigenvalue weighted by Crippen LogP contribution is 2.24. The van der Waals surface area contributed by atoms with E-state index < -0.39 is 150 Å². The molecule has 0 aliphatic heterocycles. The molecule has 2 N–H and O–H groups in total. The Kier molecular flexibility index (Phi) is 49.1. The Bertz CT molecular complexity index is 5640. The third-order valence-corrected chi connectivity index (χ3v) is 19.6. The number of imidazole rings is 6. The van der Waals surface area contributed by atoms with Crippen molar-refractivity contribution in [3.63, 3.8) is 0 Å². The van der Waals surface area contributed by atoms with Crippen LogP contribution in [0.2, 0.25) is 0 Å². The maximum atomic E-state index is 13.2. The van der Waals surface area contributed by atoms with E-state index in [0.29, 0.717) is 48.7 Å². The van der Waals surface area contributed by atoms with Crippen LogP contribution >= 0.6 is 0 Å². The number of unbranched alkanes of at least 4 members (excludes halogenated alkanes) is 1. The molecular weight excluding hydrogens is 1950 g/mol. The standard InChI is InChI=1S/C9H10FN2O2S.C9H16FN2OS.C8H14FN2OS.C6H10FN2OS.C4H6FN2O2S.C4H5FN2OS.5CHF3O3S.2CH4.H2O4S/c1-7-11(2)8-5-3-4-6-9(8)12(7)15(10,13)14;1-4-5-6-9-11(2)7-8-12(9)14(3,10)13;1-5-8-10(3)7(2)6-11(8)13(4,9)12;1-6-8(2)4-5-9(6)11(3,7)10;1-6-2-3-7(4-6)10(5,8)9;1-9(5,8)7-3-2-6-4-7;5*2-1(3,4)8(5,6)7;;;1-5(2,3)4/h3-6H,1-2H3;7-8H,3-6H2,1-2H3;6H,4-5H2,1-3H3;4-5H,3H2,1-2H3;2-4H,1H3;2-4H,1H2;5*(H,5,6,7);2*1H4;(H2,1,2,3,4)/q5*+1;;;;;;;;;/p-5. The van der Waals surface area contributed by atoms with Crippen LogP contribution in [0.5, 0.6) is 0 Å². The monoisotopic (exact) mass is 2020 g/mol. The Morgan fingerprint density at radius 2 is 0.832 bits per heavy atom. The molecule has 0 radical (unpaired) electrons. The van der Waals surface area contributed by atoms with Gasteiger partial charge in [0.2, 0.25) is 10.4 Å². The second-order valence-electron chi connectivity index (χ2n) is 20.3. The highest BCUT2D eigenvalue weighted by Gasteiger charge is 2.40. The zero-order chi connectivity index (χ0) is 95.0. The number of nitrogens with zero attached hydrogens (tertiary/aromatic N) is 11. The van der Waals surface area contributed by atoms with Crippen molar-refractivity contribution in [2.75, 3.05) is 0 Å². The number of benzene rings is 1. The molecule has 72 heteroatoms. The first-order valence-electron chi connectivity index (χ1n) is 27.7. The first-order chi connectivity index (χ1) is 51.0. The smallest absolute Gasteiger partial charge is 0.485 e.